The van der Waals surface area contributed by atoms with Crippen LogP contribution >= 0.6 is 0 Å². The number of hydrogen-bond donors (Lipinski definition) is 2. The average molecular weight is 766 g/mol. The topological polar surface area (TPSA) is 162 Å². The molecule has 1 aromatic rings. The van der Waals surface area contributed by atoms with Gasteiger partial charge in [-0.05, 0) is 79.9 Å². The molecule has 3 aliphatic heterocycles. The summed E-state index contributed by atoms with van der Waals surface area (Å²) in [5.41, 5.74) is 2.14. The SMILES string of the molecule is C=C[C@@H]1C[C@]1(CC(=O)[C@@H]1C[C@@H]2CN1C(=O)[C@H](C1CCCCC1)NC(=O)N(C)CCCCCCc1cccc3c1CN(C3)C(=O)O2)C(=O)NS(=O)(=O)C1CC1. The number of ketones is 1. The Hall–Kier alpha value is -3.94. The van der Waals surface area contributed by atoms with Crippen molar-refractivity contribution in [1.29, 1.82) is 0 Å². The van der Waals surface area contributed by atoms with E-state index in [1.165, 1.54) is 10.5 Å². The zero-order valence-corrected chi connectivity index (χ0v) is 32.2. The van der Waals surface area contributed by atoms with Crippen LogP contribution in [-0.2, 0) is 48.7 Å². The first-order valence-corrected chi connectivity index (χ1v) is 21.5. The van der Waals surface area contributed by atoms with Gasteiger partial charge >= 0.3 is 12.1 Å². The first-order chi connectivity index (χ1) is 25.9. The van der Waals surface area contributed by atoms with Gasteiger partial charge in [0.2, 0.25) is 21.8 Å². The van der Waals surface area contributed by atoms with E-state index in [4.69, 9.17) is 4.74 Å². The lowest BCUT2D eigenvalue weighted by Gasteiger charge is -2.35. The number of benzene rings is 1. The number of carbonyl (C=O) groups excluding carboxylic acids is 5. The second kappa shape index (κ2) is 15.7. The third kappa shape index (κ3) is 8.04. The van der Waals surface area contributed by atoms with Gasteiger partial charge in [-0.3, -0.25) is 24.0 Å². The van der Waals surface area contributed by atoms with Crippen LogP contribution < -0.4 is 10.0 Å². The lowest BCUT2D eigenvalue weighted by molar-refractivity contribution is -0.141. The molecule has 54 heavy (non-hydrogen) atoms. The zero-order valence-electron chi connectivity index (χ0n) is 31.4. The molecular weight excluding hydrogens is 711 g/mol. The number of nitrogens with one attached hydrogen (secondary N) is 2. The fourth-order valence-electron chi connectivity index (χ4n) is 9.20. The Morgan fingerprint density at radius 2 is 1.72 bits per heavy atom. The molecule has 0 radical (unpaired) electrons. The van der Waals surface area contributed by atoms with Crippen molar-refractivity contribution in [2.45, 2.75) is 133 Å². The molecule has 0 unspecified atom stereocenters. The number of hydrogen-bond acceptors (Lipinski definition) is 8. The molecule has 5 atom stereocenters. The Kier molecular flexibility index (Phi) is 11.1. The van der Waals surface area contributed by atoms with Gasteiger partial charge in [-0.25, -0.2) is 18.0 Å². The van der Waals surface area contributed by atoms with Crippen molar-refractivity contribution in [1.82, 2.24) is 24.7 Å². The van der Waals surface area contributed by atoms with Gasteiger partial charge in [0.1, 0.15) is 12.1 Å². The van der Waals surface area contributed by atoms with E-state index in [1.54, 1.807) is 22.9 Å². The standard InChI is InChI=1S/C40H55N5O8S/c1-3-29-21-40(29,37(48)42-54(51,52)31-17-18-31)22-34(46)33-20-30-24-45(33)36(47)35(27-13-8-6-9-14-27)41-38(49)43(2)19-10-5-4-7-12-26-15-11-16-28-23-44(25-32(26)28)39(50)53-30/h3,11,15-16,27,29-31,33,35H,1,4-10,12-14,17-25H2,2H3,(H,41,49)(H,42,48)/t29-,30-,33+,35+,40-/m1/s1. The highest BCUT2D eigenvalue weighted by Crippen LogP contribution is 2.57. The minimum atomic E-state index is -3.86. The molecule has 2 N–H and O–H groups in total. The van der Waals surface area contributed by atoms with Crippen LogP contribution in [0.3, 0.4) is 0 Å². The Morgan fingerprint density at radius 3 is 2.44 bits per heavy atom. The van der Waals surface area contributed by atoms with Gasteiger partial charge in [-0.15, -0.1) is 6.58 Å². The summed E-state index contributed by atoms with van der Waals surface area (Å²) in [4.78, 5) is 74.9. The van der Waals surface area contributed by atoms with E-state index in [0.29, 0.717) is 32.5 Å². The lowest BCUT2D eigenvalue weighted by atomic mass is 9.83. The van der Waals surface area contributed by atoms with E-state index in [9.17, 15) is 32.4 Å². The Balaban J connectivity index is 1.16. The summed E-state index contributed by atoms with van der Waals surface area (Å²) in [5.74, 6) is -2.07. The molecule has 13 nitrogen and oxygen atoms in total. The third-order valence-electron chi connectivity index (χ3n) is 12.8. The second-order valence-electron chi connectivity index (χ2n) is 16.6. The van der Waals surface area contributed by atoms with E-state index >= 15 is 0 Å². The number of urea groups is 1. The normalized spacial score (nSPS) is 30.0. The first kappa shape index (κ1) is 38.3. The summed E-state index contributed by atoms with van der Waals surface area (Å²) in [7, 11) is -2.12. The summed E-state index contributed by atoms with van der Waals surface area (Å²) in [6.45, 7) is 5.16. The maximum absolute atomic E-state index is 14.8. The molecule has 1 aromatic carbocycles. The molecule has 6 aliphatic rings. The number of amides is 5. The summed E-state index contributed by atoms with van der Waals surface area (Å²) in [6, 6.07) is 3.90. The molecule has 294 valence electrons. The Morgan fingerprint density at radius 1 is 1.00 bits per heavy atom. The fraction of sp³-hybridized carbons (Fsp3) is 0.675. The van der Waals surface area contributed by atoms with Crippen LogP contribution in [0.4, 0.5) is 9.59 Å². The van der Waals surface area contributed by atoms with Crippen LogP contribution in [0, 0.1) is 17.3 Å². The maximum Gasteiger partial charge on any atom is 0.410 e. The summed E-state index contributed by atoms with van der Waals surface area (Å²) >= 11 is 0. The van der Waals surface area contributed by atoms with Crippen LogP contribution in [0.1, 0.15) is 107 Å². The molecule has 3 saturated carbocycles. The number of allylic oxidation sites excluding steroid dienone is 1. The van der Waals surface area contributed by atoms with E-state index in [1.807, 2.05) is 12.1 Å². The molecular formula is C40H55N5O8S. The van der Waals surface area contributed by atoms with E-state index in [0.717, 1.165) is 75.3 Å². The van der Waals surface area contributed by atoms with Gasteiger partial charge in [-0.1, -0.05) is 56.4 Å². The van der Waals surface area contributed by atoms with E-state index in [2.05, 4.69) is 22.7 Å². The van der Waals surface area contributed by atoms with Gasteiger partial charge in [0, 0.05) is 39.5 Å². The molecule has 7 rings (SSSR count). The molecule has 3 aliphatic carbocycles. The first-order valence-electron chi connectivity index (χ1n) is 20.0. The smallest absolute Gasteiger partial charge is 0.410 e. The van der Waals surface area contributed by atoms with E-state index < -0.39 is 68.5 Å². The van der Waals surface area contributed by atoms with Crippen LogP contribution in [0.2, 0.25) is 0 Å². The summed E-state index contributed by atoms with van der Waals surface area (Å²) in [5, 5.41) is 2.44. The number of ether oxygens (including phenoxy) is 1. The van der Waals surface area contributed by atoms with Crippen molar-refractivity contribution in [3.8, 4) is 0 Å². The predicted octanol–water partition coefficient (Wildman–Crippen LogP) is 4.58. The van der Waals surface area contributed by atoms with Crippen LogP contribution in [0.5, 0.6) is 0 Å². The lowest BCUT2D eigenvalue weighted by Crippen LogP contribution is -2.57. The van der Waals surface area contributed by atoms with Crippen molar-refractivity contribution in [2.24, 2.45) is 17.3 Å². The van der Waals surface area contributed by atoms with Gasteiger partial charge in [-0.2, -0.15) is 0 Å². The molecule has 4 bridgehead atoms. The average Bonchev–Trinajstić information content (AvgIpc) is 4.05. The minimum Gasteiger partial charge on any atom is -0.444 e. The van der Waals surface area contributed by atoms with Crippen molar-refractivity contribution in [2.75, 3.05) is 20.1 Å². The molecule has 3 heterocycles. The summed E-state index contributed by atoms with van der Waals surface area (Å²) < 4.78 is 33.8. The molecule has 0 spiro atoms. The quantitative estimate of drug-likeness (QED) is 0.364. The van der Waals surface area contributed by atoms with Gasteiger partial charge < -0.3 is 19.9 Å². The number of nitrogens with zero attached hydrogens (tertiary/aromatic N) is 3. The number of carbonyl (C=O) groups is 5. The van der Waals surface area contributed by atoms with Crippen LogP contribution in [-0.4, -0.2) is 96.4 Å². The van der Waals surface area contributed by atoms with Crippen molar-refractivity contribution < 1.29 is 37.1 Å². The van der Waals surface area contributed by atoms with Crippen molar-refractivity contribution in [3.63, 3.8) is 0 Å². The molecule has 4 fully saturated rings. The highest BCUT2D eigenvalue weighted by atomic mass is 32.2. The van der Waals surface area contributed by atoms with Gasteiger partial charge in [0.25, 0.3) is 0 Å². The second-order valence-corrected chi connectivity index (χ2v) is 18.6. The monoisotopic (exact) mass is 765 g/mol. The molecule has 5 amide bonds. The van der Waals surface area contributed by atoms with Gasteiger partial charge in [0.05, 0.1) is 23.3 Å². The van der Waals surface area contributed by atoms with Crippen LogP contribution in [0.25, 0.3) is 0 Å². The third-order valence-corrected chi connectivity index (χ3v) is 14.6. The van der Waals surface area contributed by atoms with Crippen molar-refractivity contribution in [3.05, 3.63) is 47.5 Å². The van der Waals surface area contributed by atoms with E-state index in [-0.39, 0.29) is 37.8 Å². The number of aryl methyl sites for hydroxylation is 1. The van der Waals surface area contributed by atoms with Gasteiger partial charge in [0.15, 0.2) is 5.78 Å². The summed E-state index contributed by atoms with van der Waals surface area (Å²) in [6.07, 6.45) is 10.3. The molecule has 14 heteroatoms. The number of rotatable bonds is 8. The molecule has 0 aromatic heterocycles. The Bertz CT molecular complexity index is 1770. The fourth-order valence-corrected chi connectivity index (χ4v) is 10.6. The maximum atomic E-state index is 14.8. The largest absolute Gasteiger partial charge is 0.444 e. The highest BCUT2D eigenvalue weighted by molar-refractivity contribution is 7.90. The Labute approximate surface area is 318 Å². The zero-order chi connectivity index (χ0) is 38.2. The van der Waals surface area contributed by atoms with Crippen LogP contribution in [0.15, 0.2) is 30.9 Å². The number of fused-ring (bicyclic) bond motifs is 3. The number of sulfonamides is 1. The minimum absolute atomic E-state index is 0.0322. The highest BCUT2D eigenvalue weighted by Gasteiger charge is 2.61. The predicted molar refractivity (Wildman–Crippen MR) is 200 cm³/mol. The molecule has 1 saturated heterocycles. The van der Waals surface area contributed by atoms with Crippen molar-refractivity contribution >= 4 is 39.7 Å². The number of Topliss-reactive ketones (excluding diaryl/α,β-unsaturated/α-hetero) is 1.